The SMILES string of the molecule is CCC(NC)C(=O)c1cc(Br)cs1. The molecular formula is C9H12BrNOS. The van der Waals surface area contributed by atoms with Crippen molar-refractivity contribution >= 4 is 33.0 Å². The van der Waals surface area contributed by atoms with Gasteiger partial charge in [0.05, 0.1) is 10.9 Å². The van der Waals surface area contributed by atoms with Crippen LogP contribution in [0.4, 0.5) is 0 Å². The second-order valence-electron chi connectivity index (χ2n) is 2.74. The van der Waals surface area contributed by atoms with Gasteiger partial charge in [0.25, 0.3) is 0 Å². The van der Waals surface area contributed by atoms with Crippen LogP contribution < -0.4 is 5.32 Å². The number of ketones is 1. The summed E-state index contributed by atoms with van der Waals surface area (Å²) in [6.07, 6.45) is 0.824. The monoisotopic (exact) mass is 261 g/mol. The standard InChI is InChI=1S/C9H12BrNOS/c1-3-7(11-2)9(12)8-4-6(10)5-13-8/h4-5,7,11H,3H2,1-2H3. The summed E-state index contributed by atoms with van der Waals surface area (Å²) in [7, 11) is 1.81. The van der Waals surface area contributed by atoms with E-state index < -0.39 is 0 Å². The first-order valence-corrected chi connectivity index (χ1v) is 5.81. The topological polar surface area (TPSA) is 29.1 Å². The fourth-order valence-electron chi connectivity index (χ4n) is 1.13. The van der Waals surface area contributed by atoms with Gasteiger partial charge in [-0.05, 0) is 35.5 Å². The molecule has 0 saturated heterocycles. The summed E-state index contributed by atoms with van der Waals surface area (Å²) in [5, 5.41) is 4.93. The maximum atomic E-state index is 11.7. The molecule has 0 amide bonds. The largest absolute Gasteiger partial charge is 0.310 e. The van der Waals surface area contributed by atoms with Crippen molar-refractivity contribution in [3.8, 4) is 0 Å². The maximum absolute atomic E-state index is 11.7. The molecule has 0 aromatic carbocycles. The number of halogens is 1. The molecule has 0 saturated carbocycles. The second kappa shape index (κ2) is 4.88. The van der Waals surface area contributed by atoms with E-state index in [0.717, 1.165) is 15.8 Å². The fraction of sp³-hybridized carbons (Fsp3) is 0.444. The minimum Gasteiger partial charge on any atom is -0.310 e. The number of carbonyl (C=O) groups is 1. The van der Waals surface area contributed by atoms with E-state index in [4.69, 9.17) is 0 Å². The highest BCUT2D eigenvalue weighted by molar-refractivity contribution is 9.10. The molecule has 0 radical (unpaired) electrons. The Balaban J connectivity index is 2.78. The number of nitrogens with one attached hydrogen (secondary N) is 1. The Bertz CT molecular complexity index is 294. The number of rotatable bonds is 4. The van der Waals surface area contributed by atoms with E-state index in [1.54, 1.807) is 0 Å². The van der Waals surface area contributed by atoms with E-state index in [2.05, 4.69) is 21.2 Å². The summed E-state index contributed by atoms with van der Waals surface area (Å²) in [5.41, 5.74) is 0. The smallest absolute Gasteiger partial charge is 0.189 e. The Hall–Kier alpha value is -0.190. The number of thiophene rings is 1. The zero-order valence-electron chi connectivity index (χ0n) is 7.63. The van der Waals surface area contributed by atoms with Crippen LogP contribution in [0.5, 0.6) is 0 Å². The van der Waals surface area contributed by atoms with Crippen LogP contribution in [0.3, 0.4) is 0 Å². The molecule has 1 atom stereocenters. The molecule has 0 aliphatic heterocycles. The van der Waals surface area contributed by atoms with Gasteiger partial charge in [0.15, 0.2) is 5.78 Å². The van der Waals surface area contributed by atoms with Gasteiger partial charge in [-0.3, -0.25) is 4.79 Å². The van der Waals surface area contributed by atoms with Crippen molar-refractivity contribution in [3.63, 3.8) is 0 Å². The molecule has 2 nitrogen and oxygen atoms in total. The Kier molecular flexibility index (Phi) is 4.09. The van der Waals surface area contributed by atoms with E-state index in [1.165, 1.54) is 11.3 Å². The van der Waals surface area contributed by atoms with E-state index in [0.29, 0.717) is 0 Å². The highest BCUT2D eigenvalue weighted by Gasteiger charge is 2.17. The summed E-state index contributed by atoms with van der Waals surface area (Å²) in [4.78, 5) is 12.6. The zero-order valence-corrected chi connectivity index (χ0v) is 10.0. The van der Waals surface area contributed by atoms with Gasteiger partial charge in [0.2, 0.25) is 0 Å². The van der Waals surface area contributed by atoms with Crippen LogP contribution in [0, 0.1) is 0 Å². The lowest BCUT2D eigenvalue weighted by atomic mass is 10.1. The lowest BCUT2D eigenvalue weighted by molar-refractivity contribution is 0.0949. The molecule has 0 aliphatic carbocycles. The van der Waals surface area contributed by atoms with Crippen LogP contribution in [0.25, 0.3) is 0 Å². The van der Waals surface area contributed by atoms with Crippen molar-refractivity contribution in [2.24, 2.45) is 0 Å². The number of carbonyl (C=O) groups excluding carboxylic acids is 1. The predicted octanol–water partition coefficient (Wildman–Crippen LogP) is 2.69. The number of hydrogen-bond acceptors (Lipinski definition) is 3. The van der Waals surface area contributed by atoms with Gasteiger partial charge in [-0.25, -0.2) is 0 Å². The molecule has 1 aromatic rings. The first-order chi connectivity index (χ1) is 6.19. The highest BCUT2D eigenvalue weighted by atomic mass is 79.9. The summed E-state index contributed by atoms with van der Waals surface area (Å²) in [5.74, 6) is 0.181. The zero-order chi connectivity index (χ0) is 9.84. The highest BCUT2D eigenvalue weighted by Crippen LogP contribution is 2.21. The molecule has 1 aromatic heterocycles. The minimum absolute atomic E-state index is 0.0504. The molecule has 1 unspecified atom stereocenters. The third kappa shape index (κ3) is 2.62. The van der Waals surface area contributed by atoms with E-state index in [-0.39, 0.29) is 11.8 Å². The molecule has 4 heteroatoms. The van der Waals surface area contributed by atoms with E-state index in [1.807, 2.05) is 25.4 Å². The first-order valence-electron chi connectivity index (χ1n) is 4.14. The average Bonchev–Trinajstić information content (AvgIpc) is 2.54. The van der Waals surface area contributed by atoms with Crippen molar-refractivity contribution < 1.29 is 4.79 Å². The number of likely N-dealkylation sites (N-methyl/N-ethyl adjacent to an activating group) is 1. The summed E-state index contributed by atoms with van der Waals surface area (Å²) in [6.45, 7) is 2.00. The minimum atomic E-state index is -0.0504. The van der Waals surface area contributed by atoms with E-state index in [9.17, 15) is 4.79 Å². The quantitative estimate of drug-likeness (QED) is 0.845. The molecule has 13 heavy (non-hydrogen) atoms. The van der Waals surface area contributed by atoms with Crippen molar-refractivity contribution in [3.05, 3.63) is 20.8 Å². The summed E-state index contributed by atoms with van der Waals surface area (Å²) >= 11 is 4.81. The van der Waals surface area contributed by atoms with Gasteiger partial charge in [-0.15, -0.1) is 11.3 Å². The fourth-order valence-corrected chi connectivity index (χ4v) is 2.56. The normalized spacial score (nSPS) is 12.8. The van der Waals surface area contributed by atoms with Gasteiger partial charge < -0.3 is 5.32 Å². The van der Waals surface area contributed by atoms with Gasteiger partial charge in [0, 0.05) is 9.85 Å². The molecule has 0 spiro atoms. The van der Waals surface area contributed by atoms with Crippen molar-refractivity contribution in [2.75, 3.05) is 7.05 Å². The molecule has 0 fully saturated rings. The molecular weight excluding hydrogens is 250 g/mol. The Morgan fingerprint density at radius 2 is 2.46 bits per heavy atom. The van der Waals surface area contributed by atoms with Crippen LogP contribution in [0.15, 0.2) is 15.9 Å². The Labute approximate surface area is 90.5 Å². The van der Waals surface area contributed by atoms with Crippen LogP contribution in [-0.2, 0) is 0 Å². The van der Waals surface area contributed by atoms with Gasteiger partial charge in [-0.1, -0.05) is 6.92 Å². The third-order valence-corrected chi connectivity index (χ3v) is 3.59. The second-order valence-corrected chi connectivity index (χ2v) is 4.57. The Morgan fingerprint density at radius 1 is 1.77 bits per heavy atom. The molecule has 0 bridgehead atoms. The van der Waals surface area contributed by atoms with Crippen molar-refractivity contribution in [1.29, 1.82) is 0 Å². The van der Waals surface area contributed by atoms with Crippen LogP contribution in [0.1, 0.15) is 23.0 Å². The van der Waals surface area contributed by atoms with Crippen molar-refractivity contribution in [2.45, 2.75) is 19.4 Å². The average molecular weight is 262 g/mol. The Morgan fingerprint density at radius 3 is 2.85 bits per heavy atom. The maximum Gasteiger partial charge on any atom is 0.189 e. The van der Waals surface area contributed by atoms with Crippen LogP contribution in [0.2, 0.25) is 0 Å². The number of hydrogen-bond donors (Lipinski definition) is 1. The van der Waals surface area contributed by atoms with Crippen molar-refractivity contribution in [1.82, 2.24) is 5.32 Å². The lowest BCUT2D eigenvalue weighted by Crippen LogP contribution is -2.32. The summed E-state index contributed by atoms with van der Waals surface area (Å²) in [6, 6.07) is 1.82. The molecule has 0 aliphatic rings. The predicted molar refractivity (Wildman–Crippen MR) is 59.5 cm³/mol. The third-order valence-electron chi connectivity index (χ3n) is 1.88. The molecule has 72 valence electrons. The molecule has 1 N–H and O–H groups in total. The van der Waals surface area contributed by atoms with Gasteiger partial charge >= 0.3 is 0 Å². The number of Topliss-reactive ketones (excluding diaryl/α,β-unsaturated/α-hetero) is 1. The van der Waals surface area contributed by atoms with Crippen LogP contribution >= 0.6 is 27.3 Å². The van der Waals surface area contributed by atoms with Crippen LogP contribution in [-0.4, -0.2) is 18.9 Å². The van der Waals surface area contributed by atoms with Gasteiger partial charge in [0.1, 0.15) is 0 Å². The van der Waals surface area contributed by atoms with Gasteiger partial charge in [-0.2, -0.15) is 0 Å². The van der Waals surface area contributed by atoms with E-state index >= 15 is 0 Å². The molecule has 1 rings (SSSR count). The summed E-state index contributed by atoms with van der Waals surface area (Å²) < 4.78 is 0.979. The first kappa shape index (κ1) is 10.9. The lowest BCUT2D eigenvalue weighted by Gasteiger charge is -2.10. The molecule has 1 heterocycles.